The van der Waals surface area contributed by atoms with Crippen LogP contribution in [0.1, 0.15) is 33.6 Å². The van der Waals surface area contributed by atoms with Crippen LogP contribution in [0.25, 0.3) is 0 Å². The highest BCUT2D eigenvalue weighted by Crippen LogP contribution is 2.67. The molecular weight excluding hydrogens is 178 g/mol. The number of hydroxylamine groups is 1. The third-order valence-corrected chi connectivity index (χ3v) is 5.33. The molecule has 4 atom stereocenters. The zero-order valence-electron chi connectivity index (χ0n) is 8.99. The molecule has 0 aromatic carbocycles. The van der Waals surface area contributed by atoms with Gasteiger partial charge in [0, 0.05) is 11.3 Å². The van der Waals surface area contributed by atoms with Crippen molar-refractivity contribution in [1.82, 2.24) is 0 Å². The Balaban J connectivity index is 2.10. The summed E-state index contributed by atoms with van der Waals surface area (Å²) in [6.45, 7) is 6.87. The highest BCUT2D eigenvalue weighted by molar-refractivity contribution is 5.44. The fourth-order valence-corrected chi connectivity index (χ4v) is 3.99. The molecule has 0 N–H and O–H groups in total. The molecule has 1 heterocycles. The molecule has 2 saturated carbocycles. The fourth-order valence-electron chi connectivity index (χ4n) is 3.99. The minimum Gasteiger partial charge on any atom is -0.621 e. The first-order valence-corrected chi connectivity index (χ1v) is 5.43. The van der Waals surface area contributed by atoms with Gasteiger partial charge < -0.3 is 9.94 Å². The van der Waals surface area contributed by atoms with Crippen molar-refractivity contribution < 1.29 is 9.48 Å². The maximum atomic E-state index is 11.6. The predicted molar refractivity (Wildman–Crippen MR) is 53.0 cm³/mol. The van der Waals surface area contributed by atoms with Crippen molar-refractivity contribution in [2.75, 3.05) is 0 Å². The topological polar surface area (TPSA) is 35.3 Å². The van der Waals surface area contributed by atoms with Gasteiger partial charge in [-0.25, -0.2) is 0 Å². The van der Waals surface area contributed by atoms with Gasteiger partial charge in [-0.05, 0) is 18.3 Å². The third-order valence-electron chi connectivity index (χ3n) is 5.33. The first kappa shape index (κ1) is 8.57. The Hall–Kier alpha value is -0.730. The Labute approximate surface area is 84.3 Å². The molecule has 14 heavy (non-hydrogen) atoms. The number of hydrogen-bond acceptors (Lipinski definition) is 2. The number of rotatable bonds is 0. The quantitative estimate of drug-likeness (QED) is 0.436. The lowest BCUT2D eigenvalue weighted by molar-refractivity contribution is -0.500. The molecule has 3 rings (SSSR count). The van der Waals surface area contributed by atoms with Gasteiger partial charge in [-0.15, -0.1) is 0 Å². The van der Waals surface area contributed by atoms with Crippen LogP contribution in [0.15, 0.2) is 0 Å². The van der Waals surface area contributed by atoms with Crippen LogP contribution >= 0.6 is 0 Å². The second-order valence-electron chi connectivity index (χ2n) is 5.80. The lowest BCUT2D eigenvalue weighted by Crippen LogP contribution is -2.40. The Kier molecular flexibility index (Phi) is 1.28. The largest absolute Gasteiger partial charge is 0.621 e. The summed E-state index contributed by atoms with van der Waals surface area (Å²) in [5.74, 6) is 0.508. The van der Waals surface area contributed by atoms with Gasteiger partial charge in [-0.3, -0.25) is 0 Å². The number of fused-ring (bicyclic) bond motifs is 5. The number of nitrogens with zero attached hydrogens (tertiary/aromatic N) is 1. The SMILES string of the molecule is CC1(C)[C@H]2CC[C@]1(C)C1OC=[N+]([O-])C12. The van der Waals surface area contributed by atoms with Gasteiger partial charge >= 0.3 is 6.40 Å². The van der Waals surface area contributed by atoms with E-state index in [4.69, 9.17) is 4.74 Å². The Morgan fingerprint density at radius 1 is 1.43 bits per heavy atom. The highest BCUT2D eigenvalue weighted by atomic mass is 16.6. The highest BCUT2D eigenvalue weighted by Gasteiger charge is 2.72. The van der Waals surface area contributed by atoms with Crippen LogP contribution in [0.4, 0.5) is 0 Å². The molecule has 2 unspecified atom stereocenters. The zero-order valence-corrected chi connectivity index (χ0v) is 8.99. The van der Waals surface area contributed by atoms with Crippen molar-refractivity contribution in [1.29, 1.82) is 0 Å². The fraction of sp³-hybridized carbons (Fsp3) is 0.909. The van der Waals surface area contributed by atoms with Crippen molar-refractivity contribution in [3.05, 3.63) is 5.21 Å². The molecule has 2 aliphatic carbocycles. The maximum absolute atomic E-state index is 11.6. The van der Waals surface area contributed by atoms with E-state index in [1.165, 1.54) is 19.2 Å². The van der Waals surface area contributed by atoms with E-state index in [2.05, 4.69) is 20.8 Å². The van der Waals surface area contributed by atoms with E-state index in [0.29, 0.717) is 5.92 Å². The molecule has 0 aromatic rings. The van der Waals surface area contributed by atoms with Gasteiger partial charge in [0.25, 0.3) is 0 Å². The lowest BCUT2D eigenvalue weighted by atomic mass is 9.70. The second-order valence-corrected chi connectivity index (χ2v) is 5.80. The Bertz CT molecular complexity index is 323. The van der Waals surface area contributed by atoms with Crippen molar-refractivity contribution >= 4 is 6.40 Å². The van der Waals surface area contributed by atoms with E-state index in [0.717, 1.165) is 4.74 Å². The van der Waals surface area contributed by atoms with E-state index in [1.54, 1.807) is 0 Å². The van der Waals surface area contributed by atoms with E-state index in [1.807, 2.05) is 0 Å². The van der Waals surface area contributed by atoms with Crippen LogP contribution in [0, 0.1) is 22.0 Å². The summed E-state index contributed by atoms with van der Waals surface area (Å²) >= 11 is 0. The smallest absolute Gasteiger partial charge is 0.336 e. The van der Waals surface area contributed by atoms with E-state index < -0.39 is 0 Å². The average Bonchev–Trinajstić information content (AvgIpc) is 2.63. The van der Waals surface area contributed by atoms with Gasteiger partial charge in [-0.2, -0.15) is 4.74 Å². The van der Waals surface area contributed by atoms with Crippen molar-refractivity contribution in [3.8, 4) is 0 Å². The summed E-state index contributed by atoms with van der Waals surface area (Å²) in [4.78, 5) is 0. The van der Waals surface area contributed by atoms with Crippen LogP contribution in [-0.2, 0) is 4.74 Å². The molecule has 0 spiro atoms. The van der Waals surface area contributed by atoms with Crippen LogP contribution < -0.4 is 0 Å². The Morgan fingerprint density at radius 3 is 2.79 bits per heavy atom. The minimum atomic E-state index is 0.0868. The van der Waals surface area contributed by atoms with E-state index in [-0.39, 0.29) is 23.0 Å². The van der Waals surface area contributed by atoms with Crippen LogP contribution in [0.2, 0.25) is 0 Å². The number of ether oxygens (including phenoxy) is 1. The lowest BCUT2D eigenvalue weighted by Gasteiger charge is -2.35. The molecule has 3 heteroatoms. The molecule has 0 saturated heterocycles. The first-order chi connectivity index (χ1) is 6.48. The van der Waals surface area contributed by atoms with Crippen molar-refractivity contribution in [3.63, 3.8) is 0 Å². The standard InChI is InChI=1S/C11H17NO2/c1-10(2)7-4-5-11(10,3)9-8(7)12(13)6-14-9/h6-9H,4-5H2,1-3H3/t7-,8?,9?,11+/m0/s1. The molecule has 3 nitrogen and oxygen atoms in total. The summed E-state index contributed by atoms with van der Waals surface area (Å²) < 4.78 is 6.59. The van der Waals surface area contributed by atoms with Gasteiger partial charge in [0.1, 0.15) is 0 Å². The monoisotopic (exact) mass is 195 g/mol. The Morgan fingerprint density at radius 2 is 2.14 bits per heavy atom. The summed E-state index contributed by atoms with van der Waals surface area (Å²) in [6.07, 6.45) is 3.89. The molecule has 0 radical (unpaired) electrons. The summed E-state index contributed by atoms with van der Waals surface area (Å²) in [7, 11) is 0. The van der Waals surface area contributed by atoms with Gasteiger partial charge in [-0.1, -0.05) is 20.8 Å². The van der Waals surface area contributed by atoms with Gasteiger partial charge in [0.15, 0.2) is 6.10 Å². The van der Waals surface area contributed by atoms with Gasteiger partial charge in [0.2, 0.25) is 6.04 Å². The first-order valence-electron chi connectivity index (χ1n) is 5.43. The van der Waals surface area contributed by atoms with Gasteiger partial charge in [0.05, 0.1) is 0 Å². The molecule has 2 fully saturated rings. The predicted octanol–water partition coefficient (Wildman–Crippen LogP) is 1.75. The van der Waals surface area contributed by atoms with Crippen LogP contribution in [0.3, 0.4) is 0 Å². The van der Waals surface area contributed by atoms with Crippen LogP contribution in [-0.4, -0.2) is 23.3 Å². The summed E-state index contributed by atoms with van der Waals surface area (Å²) in [5.41, 5.74) is 0.442. The molecule has 3 aliphatic rings. The molecule has 2 bridgehead atoms. The molecule has 78 valence electrons. The second kappa shape index (κ2) is 2.10. The normalized spacial score (nSPS) is 52.8. The summed E-state index contributed by atoms with van der Waals surface area (Å²) in [6, 6.07) is 0.0868. The van der Waals surface area contributed by atoms with Crippen molar-refractivity contribution in [2.24, 2.45) is 16.7 Å². The number of hydrogen-bond donors (Lipinski definition) is 0. The van der Waals surface area contributed by atoms with Crippen molar-refractivity contribution in [2.45, 2.75) is 45.8 Å². The molecule has 0 aromatic heterocycles. The molecule has 0 amide bonds. The molecule has 1 aliphatic heterocycles. The summed E-state index contributed by atoms with van der Waals surface area (Å²) in [5, 5.41) is 11.6. The average molecular weight is 195 g/mol. The third kappa shape index (κ3) is 0.635. The molecular formula is C11H17NO2. The maximum Gasteiger partial charge on any atom is 0.336 e. The van der Waals surface area contributed by atoms with Crippen LogP contribution in [0.5, 0.6) is 0 Å². The zero-order chi connectivity index (χ0) is 10.1. The minimum absolute atomic E-state index is 0.0868. The van der Waals surface area contributed by atoms with E-state index >= 15 is 0 Å². The van der Waals surface area contributed by atoms with E-state index in [9.17, 15) is 5.21 Å².